The molecule has 0 saturated carbocycles. The predicted octanol–water partition coefficient (Wildman–Crippen LogP) is 4.17. The number of hydrogen-bond acceptors (Lipinski definition) is 4. The lowest BCUT2D eigenvalue weighted by Crippen LogP contribution is -1.85. The second-order valence-corrected chi connectivity index (χ2v) is 5.23. The molecule has 2 N–H and O–H groups in total. The average molecular weight is 305 g/mol. The highest BCUT2D eigenvalue weighted by Gasteiger charge is 2.10. The molecule has 106 valence electrons. The zero-order valence-corrected chi connectivity index (χ0v) is 11.4. The van der Waals surface area contributed by atoms with Crippen LogP contribution in [0.15, 0.2) is 41.8 Å². The Morgan fingerprint density at radius 3 is 2.33 bits per heavy atom. The van der Waals surface area contributed by atoms with Crippen LogP contribution in [-0.4, -0.2) is 15.2 Å². The maximum absolute atomic E-state index is 13.2. The molecule has 0 fully saturated rings. The van der Waals surface area contributed by atoms with Crippen molar-refractivity contribution < 1.29 is 19.0 Å². The van der Waals surface area contributed by atoms with Crippen LogP contribution in [0.4, 0.5) is 8.78 Å². The molecule has 0 aliphatic heterocycles. The lowest BCUT2D eigenvalue weighted by molar-refractivity contribution is 0.404. The van der Waals surface area contributed by atoms with Gasteiger partial charge < -0.3 is 10.2 Å². The van der Waals surface area contributed by atoms with E-state index in [-0.39, 0.29) is 11.5 Å². The van der Waals surface area contributed by atoms with Crippen LogP contribution in [0.3, 0.4) is 0 Å². The Balaban J connectivity index is 1.99. The van der Waals surface area contributed by atoms with E-state index in [4.69, 9.17) is 0 Å². The van der Waals surface area contributed by atoms with Crippen LogP contribution in [0.25, 0.3) is 21.8 Å². The van der Waals surface area contributed by atoms with Gasteiger partial charge in [-0.25, -0.2) is 13.8 Å². The van der Waals surface area contributed by atoms with E-state index in [9.17, 15) is 19.0 Å². The largest absolute Gasteiger partial charge is 0.504 e. The number of phenols is 2. The maximum Gasteiger partial charge on any atom is 0.159 e. The van der Waals surface area contributed by atoms with Crippen LogP contribution in [0, 0.1) is 11.6 Å². The van der Waals surface area contributed by atoms with Crippen molar-refractivity contribution in [2.45, 2.75) is 0 Å². The third-order valence-corrected chi connectivity index (χ3v) is 3.83. The van der Waals surface area contributed by atoms with E-state index in [1.54, 1.807) is 11.4 Å². The number of nitrogens with zero attached hydrogens (tertiary/aromatic N) is 1. The first-order chi connectivity index (χ1) is 10.0. The Kier molecular flexibility index (Phi) is 3.31. The Bertz CT molecular complexity index is 751. The molecule has 21 heavy (non-hydrogen) atoms. The number of thiazole rings is 1. The van der Waals surface area contributed by atoms with E-state index in [0.717, 1.165) is 12.1 Å². The van der Waals surface area contributed by atoms with Gasteiger partial charge >= 0.3 is 0 Å². The molecule has 0 aliphatic rings. The van der Waals surface area contributed by atoms with Crippen molar-refractivity contribution >= 4 is 11.3 Å². The summed E-state index contributed by atoms with van der Waals surface area (Å²) in [6, 6.07) is 7.96. The highest BCUT2D eigenvalue weighted by molar-refractivity contribution is 7.13. The van der Waals surface area contributed by atoms with Crippen molar-refractivity contribution in [1.29, 1.82) is 0 Å². The predicted molar refractivity (Wildman–Crippen MR) is 76.2 cm³/mol. The van der Waals surface area contributed by atoms with Crippen LogP contribution in [-0.2, 0) is 0 Å². The Morgan fingerprint density at radius 1 is 0.857 bits per heavy atom. The van der Waals surface area contributed by atoms with Gasteiger partial charge in [0.25, 0.3) is 0 Å². The van der Waals surface area contributed by atoms with Crippen LogP contribution < -0.4 is 0 Å². The van der Waals surface area contributed by atoms with E-state index in [1.165, 1.54) is 29.5 Å². The first kappa shape index (κ1) is 13.5. The van der Waals surface area contributed by atoms with Crippen molar-refractivity contribution in [1.82, 2.24) is 4.98 Å². The molecule has 2 aromatic carbocycles. The van der Waals surface area contributed by atoms with Gasteiger partial charge in [-0.1, -0.05) is 0 Å². The minimum absolute atomic E-state index is 0.213. The molecule has 0 spiro atoms. The topological polar surface area (TPSA) is 53.4 Å². The zero-order valence-electron chi connectivity index (χ0n) is 10.5. The molecule has 1 heterocycles. The fourth-order valence-corrected chi connectivity index (χ4v) is 2.68. The Morgan fingerprint density at radius 2 is 1.62 bits per heavy atom. The van der Waals surface area contributed by atoms with Crippen LogP contribution in [0.5, 0.6) is 11.5 Å². The number of hydrogen-bond donors (Lipinski definition) is 2. The highest BCUT2D eigenvalue weighted by atomic mass is 32.1. The van der Waals surface area contributed by atoms with Gasteiger partial charge in [0.15, 0.2) is 23.1 Å². The van der Waals surface area contributed by atoms with Crippen molar-refractivity contribution in [3.8, 4) is 33.3 Å². The minimum Gasteiger partial charge on any atom is -0.504 e. The number of benzene rings is 2. The summed E-state index contributed by atoms with van der Waals surface area (Å²) in [6.07, 6.45) is 0. The Hall–Kier alpha value is -2.47. The molecule has 0 amide bonds. The summed E-state index contributed by atoms with van der Waals surface area (Å²) in [4.78, 5) is 4.33. The molecule has 0 saturated heterocycles. The molecule has 3 aromatic rings. The van der Waals surface area contributed by atoms with Gasteiger partial charge in [0.1, 0.15) is 5.01 Å². The zero-order chi connectivity index (χ0) is 15.0. The molecular formula is C15H9F2NO2S. The SMILES string of the molecule is Oc1ccc(-c2csc(-c3ccc(F)c(F)c3)n2)cc1O. The maximum atomic E-state index is 13.2. The van der Waals surface area contributed by atoms with Gasteiger partial charge in [-0.3, -0.25) is 0 Å². The van der Waals surface area contributed by atoms with E-state index < -0.39 is 11.6 Å². The van der Waals surface area contributed by atoms with Crippen molar-refractivity contribution in [2.24, 2.45) is 0 Å². The summed E-state index contributed by atoms with van der Waals surface area (Å²) in [5.41, 5.74) is 1.68. The number of halogens is 2. The van der Waals surface area contributed by atoms with Gasteiger partial charge in [0, 0.05) is 16.5 Å². The van der Waals surface area contributed by atoms with Gasteiger partial charge in [0.05, 0.1) is 5.69 Å². The summed E-state index contributed by atoms with van der Waals surface area (Å²) in [6.45, 7) is 0. The highest BCUT2D eigenvalue weighted by Crippen LogP contribution is 2.33. The normalized spacial score (nSPS) is 10.8. The van der Waals surface area contributed by atoms with E-state index >= 15 is 0 Å². The summed E-state index contributed by atoms with van der Waals surface area (Å²) in [5, 5.41) is 21.0. The van der Waals surface area contributed by atoms with Gasteiger partial charge in [-0.2, -0.15) is 0 Å². The lowest BCUT2D eigenvalue weighted by atomic mass is 10.1. The van der Waals surface area contributed by atoms with E-state index in [2.05, 4.69) is 4.98 Å². The lowest BCUT2D eigenvalue weighted by Gasteiger charge is -2.00. The monoisotopic (exact) mass is 305 g/mol. The standard InChI is InChI=1S/C15H9F2NO2S/c16-10-3-1-9(5-11(10)17)15-18-12(7-21-15)8-2-4-13(19)14(20)6-8/h1-7,19-20H. The van der Waals surface area contributed by atoms with Gasteiger partial charge in [-0.15, -0.1) is 11.3 Å². The van der Waals surface area contributed by atoms with Gasteiger partial charge in [-0.05, 0) is 36.4 Å². The summed E-state index contributed by atoms with van der Waals surface area (Å²) >= 11 is 1.28. The number of rotatable bonds is 2. The molecule has 3 nitrogen and oxygen atoms in total. The number of phenolic OH excluding ortho intramolecular Hbond substituents is 2. The molecule has 3 rings (SSSR count). The number of aromatic nitrogens is 1. The smallest absolute Gasteiger partial charge is 0.159 e. The van der Waals surface area contributed by atoms with Crippen molar-refractivity contribution in [3.05, 3.63) is 53.4 Å². The first-order valence-corrected chi connectivity index (χ1v) is 6.86. The van der Waals surface area contributed by atoms with Crippen molar-refractivity contribution in [3.63, 3.8) is 0 Å². The molecule has 6 heteroatoms. The molecule has 0 unspecified atom stereocenters. The van der Waals surface area contributed by atoms with Gasteiger partial charge in [0.2, 0.25) is 0 Å². The molecule has 0 atom stereocenters. The molecular weight excluding hydrogens is 296 g/mol. The summed E-state index contributed by atoms with van der Waals surface area (Å²) < 4.78 is 26.2. The number of aromatic hydroxyl groups is 2. The third-order valence-electron chi connectivity index (χ3n) is 2.94. The fraction of sp³-hybridized carbons (Fsp3) is 0. The first-order valence-electron chi connectivity index (χ1n) is 5.98. The summed E-state index contributed by atoms with van der Waals surface area (Å²) in [7, 11) is 0. The fourth-order valence-electron chi connectivity index (χ4n) is 1.85. The average Bonchev–Trinajstić information content (AvgIpc) is 2.94. The third kappa shape index (κ3) is 2.57. The minimum atomic E-state index is -0.925. The van der Waals surface area contributed by atoms with Crippen LogP contribution in [0.2, 0.25) is 0 Å². The van der Waals surface area contributed by atoms with Crippen molar-refractivity contribution in [2.75, 3.05) is 0 Å². The van der Waals surface area contributed by atoms with E-state index in [1.807, 2.05) is 0 Å². The van der Waals surface area contributed by atoms with Crippen LogP contribution >= 0.6 is 11.3 Å². The quantitative estimate of drug-likeness (QED) is 0.699. The summed E-state index contributed by atoms with van der Waals surface area (Å²) in [5.74, 6) is -2.28. The Labute approximate surface area is 122 Å². The molecule has 0 radical (unpaired) electrons. The second-order valence-electron chi connectivity index (χ2n) is 4.37. The second kappa shape index (κ2) is 5.14. The van der Waals surface area contributed by atoms with Crippen LogP contribution in [0.1, 0.15) is 0 Å². The molecule has 0 aliphatic carbocycles. The molecule has 0 bridgehead atoms. The van der Waals surface area contributed by atoms with E-state index in [0.29, 0.717) is 21.8 Å². The molecule has 1 aromatic heterocycles.